The Balaban J connectivity index is 2.36. The molecule has 1 aliphatic heterocycles. The molecule has 0 spiro atoms. The topological polar surface area (TPSA) is 55.8 Å². The first-order valence-electron chi connectivity index (χ1n) is 7.63. The van der Waals surface area contributed by atoms with Gasteiger partial charge in [0.05, 0.1) is 12.0 Å². The third-order valence-electron chi connectivity index (χ3n) is 3.74. The highest BCUT2D eigenvalue weighted by atomic mass is 79.9. The number of thioether (sulfide) groups is 1. The van der Waals surface area contributed by atoms with Crippen LogP contribution in [0.1, 0.15) is 25.8 Å². The summed E-state index contributed by atoms with van der Waals surface area (Å²) in [6.45, 7) is 3.92. The molecule has 1 saturated heterocycles. The monoisotopic (exact) mass is 423 g/mol. The third-order valence-corrected chi connectivity index (χ3v) is 5.31. The molecule has 0 aromatic heterocycles. The van der Waals surface area contributed by atoms with Gasteiger partial charge < -0.3 is 9.47 Å². The molecule has 2 amide bonds. The molecule has 0 radical (unpaired) electrons. The normalized spacial score (nSPS) is 16.9. The molecule has 0 N–H and O–H groups in total. The largest absolute Gasteiger partial charge is 0.493 e. The van der Waals surface area contributed by atoms with E-state index in [0.717, 1.165) is 11.8 Å². The molecule has 25 heavy (non-hydrogen) atoms. The quantitative estimate of drug-likeness (QED) is 0.504. The van der Waals surface area contributed by atoms with Crippen LogP contribution in [0.15, 0.2) is 21.5 Å². The number of imide groups is 1. The first kappa shape index (κ1) is 19.4. The Morgan fingerprint density at radius 3 is 2.72 bits per heavy atom. The maximum atomic E-state index is 12.5. The van der Waals surface area contributed by atoms with E-state index in [1.165, 1.54) is 12.0 Å². The molecule has 7 heteroatoms. The fraction of sp³-hybridized carbons (Fsp3) is 0.333. The molecule has 1 atom stereocenters. The minimum atomic E-state index is -0.275. The Hall–Kier alpha value is -1.91. The van der Waals surface area contributed by atoms with E-state index in [1.807, 2.05) is 13.8 Å². The van der Waals surface area contributed by atoms with Gasteiger partial charge in [-0.3, -0.25) is 14.5 Å². The van der Waals surface area contributed by atoms with Crippen LogP contribution in [0.5, 0.6) is 11.5 Å². The summed E-state index contributed by atoms with van der Waals surface area (Å²) in [7, 11) is 1.52. The van der Waals surface area contributed by atoms with Crippen molar-refractivity contribution in [2.75, 3.05) is 13.7 Å². The molecule has 1 aromatic carbocycles. The number of rotatable bonds is 6. The molecular formula is C18H18BrNO4S. The van der Waals surface area contributed by atoms with Crippen molar-refractivity contribution >= 4 is 44.9 Å². The number of nitrogens with zero attached hydrogens (tertiary/aromatic N) is 1. The van der Waals surface area contributed by atoms with E-state index < -0.39 is 0 Å². The Bertz CT molecular complexity index is 769. The number of hydrogen-bond acceptors (Lipinski definition) is 5. The van der Waals surface area contributed by atoms with E-state index in [0.29, 0.717) is 32.9 Å². The van der Waals surface area contributed by atoms with Crippen LogP contribution in [0.2, 0.25) is 0 Å². The standard InChI is InChI=1S/C18H18BrNO4S/c1-5-7-24-15-10-13(19)12(8-14(15)23-4)9-16-17(21)20(11(3)6-2)18(22)25-16/h1,8-11H,6-7H2,2-4H3/b16-9+/t11-/m0/s1. The maximum Gasteiger partial charge on any atom is 0.293 e. The number of carbonyl (C=O) groups excluding carboxylic acids is 2. The second kappa shape index (κ2) is 8.45. The van der Waals surface area contributed by atoms with Crippen LogP contribution in [0.4, 0.5) is 4.79 Å². The van der Waals surface area contributed by atoms with Crippen LogP contribution in [0.3, 0.4) is 0 Å². The average molecular weight is 424 g/mol. The first-order chi connectivity index (χ1) is 11.9. The van der Waals surface area contributed by atoms with Gasteiger partial charge in [-0.1, -0.05) is 28.8 Å². The number of amides is 2. The Morgan fingerprint density at radius 2 is 2.12 bits per heavy atom. The molecule has 1 heterocycles. The lowest BCUT2D eigenvalue weighted by Gasteiger charge is -2.19. The minimum absolute atomic E-state index is 0.121. The molecule has 1 aliphatic rings. The smallest absolute Gasteiger partial charge is 0.293 e. The van der Waals surface area contributed by atoms with Gasteiger partial charge in [-0.2, -0.15) is 0 Å². The molecular weight excluding hydrogens is 406 g/mol. The van der Waals surface area contributed by atoms with Crippen LogP contribution in [0, 0.1) is 12.3 Å². The summed E-state index contributed by atoms with van der Waals surface area (Å²) in [4.78, 5) is 26.3. The lowest BCUT2D eigenvalue weighted by atomic mass is 10.1. The number of methoxy groups -OCH3 is 1. The molecule has 5 nitrogen and oxygen atoms in total. The van der Waals surface area contributed by atoms with Gasteiger partial charge in [-0.15, -0.1) is 6.42 Å². The number of benzene rings is 1. The molecule has 0 unspecified atom stereocenters. The molecule has 0 saturated carbocycles. The summed E-state index contributed by atoms with van der Waals surface area (Å²) in [6.07, 6.45) is 7.59. The molecule has 1 fully saturated rings. The first-order valence-corrected chi connectivity index (χ1v) is 9.24. The van der Waals surface area contributed by atoms with E-state index >= 15 is 0 Å². The zero-order chi connectivity index (χ0) is 18.6. The predicted octanol–water partition coefficient (Wildman–Crippen LogP) is 4.30. The molecule has 132 valence electrons. The highest BCUT2D eigenvalue weighted by molar-refractivity contribution is 9.10. The maximum absolute atomic E-state index is 12.5. The van der Waals surface area contributed by atoms with Gasteiger partial charge in [0.1, 0.15) is 6.61 Å². The van der Waals surface area contributed by atoms with Crippen molar-refractivity contribution in [1.82, 2.24) is 4.90 Å². The van der Waals surface area contributed by atoms with E-state index in [-0.39, 0.29) is 23.8 Å². The SMILES string of the molecule is C#CCOc1cc(Br)c(/C=C2/SC(=O)N([C@@H](C)CC)C2=O)cc1OC. The van der Waals surface area contributed by atoms with Gasteiger partial charge in [0.25, 0.3) is 11.1 Å². The van der Waals surface area contributed by atoms with Crippen molar-refractivity contribution in [2.45, 2.75) is 26.3 Å². The second-order valence-electron chi connectivity index (χ2n) is 5.33. The van der Waals surface area contributed by atoms with E-state index in [9.17, 15) is 9.59 Å². The Kier molecular flexibility index (Phi) is 6.57. The zero-order valence-electron chi connectivity index (χ0n) is 14.2. The number of hydrogen-bond donors (Lipinski definition) is 0. The molecule has 0 bridgehead atoms. The Labute approximate surface area is 159 Å². The Morgan fingerprint density at radius 1 is 1.40 bits per heavy atom. The van der Waals surface area contributed by atoms with Crippen LogP contribution >= 0.6 is 27.7 Å². The van der Waals surface area contributed by atoms with E-state index in [2.05, 4.69) is 21.9 Å². The third kappa shape index (κ3) is 4.20. The summed E-state index contributed by atoms with van der Waals surface area (Å²) >= 11 is 4.39. The van der Waals surface area contributed by atoms with E-state index in [4.69, 9.17) is 15.9 Å². The minimum Gasteiger partial charge on any atom is -0.493 e. The van der Waals surface area contributed by atoms with Gasteiger partial charge in [0.15, 0.2) is 11.5 Å². The number of carbonyl (C=O) groups is 2. The van der Waals surface area contributed by atoms with Crippen LogP contribution in [-0.4, -0.2) is 35.8 Å². The van der Waals surface area contributed by atoms with Crippen molar-refractivity contribution < 1.29 is 19.1 Å². The van der Waals surface area contributed by atoms with Crippen molar-refractivity contribution in [3.8, 4) is 23.8 Å². The zero-order valence-corrected chi connectivity index (χ0v) is 16.6. The summed E-state index contributed by atoms with van der Waals surface area (Å²) < 4.78 is 11.5. The van der Waals surface area contributed by atoms with Gasteiger partial charge in [-0.05, 0) is 48.9 Å². The fourth-order valence-electron chi connectivity index (χ4n) is 2.24. The number of halogens is 1. The van der Waals surface area contributed by atoms with Crippen molar-refractivity contribution in [2.24, 2.45) is 0 Å². The average Bonchev–Trinajstić information content (AvgIpc) is 2.87. The van der Waals surface area contributed by atoms with Crippen LogP contribution in [-0.2, 0) is 4.79 Å². The number of terminal acetylenes is 1. The molecule has 1 aromatic rings. The van der Waals surface area contributed by atoms with Gasteiger partial charge in [-0.25, -0.2) is 0 Å². The highest BCUT2D eigenvalue weighted by Crippen LogP contribution is 2.38. The summed E-state index contributed by atoms with van der Waals surface area (Å²) in [6, 6.07) is 3.32. The van der Waals surface area contributed by atoms with Gasteiger partial charge >= 0.3 is 0 Å². The fourth-order valence-corrected chi connectivity index (χ4v) is 3.59. The van der Waals surface area contributed by atoms with Gasteiger partial charge in [0, 0.05) is 10.5 Å². The van der Waals surface area contributed by atoms with Crippen molar-refractivity contribution in [3.63, 3.8) is 0 Å². The lowest BCUT2D eigenvalue weighted by molar-refractivity contribution is -0.124. The van der Waals surface area contributed by atoms with E-state index in [1.54, 1.807) is 18.2 Å². The van der Waals surface area contributed by atoms with Gasteiger partial charge in [0.2, 0.25) is 0 Å². The van der Waals surface area contributed by atoms with Crippen molar-refractivity contribution in [1.29, 1.82) is 0 Å². The molecule has 2 rings (SSSR count). The van der Waals surface area contributed by atoms with Crippen LogP contribution < -0.4 is 9.47 Å². The van der Waals surface area contributed by atoms with Crippen LogP contribution in [0.25, 0.3) is 6.08 Å². The summed E-state index contributed by atoms with van der Waals surface area (Å²) in [5.41, 5.74) is 0.708. The highest BCUT2D eigenvalue weighted by Gasteiger charge is 2.37. The van der Waals surface area contributed by atoms with Crippen molar-refractivity contribution in [3.05, 3.63) is 27.1 Å². The predicted molar refractivity (Wildman–Crippen MR) is 103 cm³/mol. The lowest BCUT2D eigenvalue weighted by Crippen LogP contribution is -2.36. The number of ether oxygens (including phenoxy) is 2. The summed E-state index contributed by atoms with van der Waals surface area (Å²) in [5.74, 6) is 3.11. The second-order valence-corrected chi connectivity index (χ2v) is 7.17. The molecule has 0 aliphatic carbocycles. The summed E-state index contributed by atoms with van der Waals surface area (Å²) in [5, 5.41) is -0.248.